The summed E-state index contributed by atoms with van der Waals surface area (Å²) in [6.45, 7) is 2.13. The van der Waals surface area contributed by atoms with Crippen molar-refractivity contribution in [2.24, 2.45) is 10.1 Å². The first-order chi connectivity index (χ1) is 13.6. The highest BCUT2D eigenvalue weighted by Gasteiger charge is 2.35. The number of fused-ring (bicyclic) bond motifs is 2. The molecule has 28 heavy (non-hydrogen) atoms. The summed E-state index contributed by atoms with van der Waals surface area (Å²) in [4.78, 5) is 17.8. The number of carbonyl (C=O) groups is 1. The fourth-order valence-corrected chi connectivity index (χ4v) is 4.56. The molecule has 0 radical (unpaired) electrons. The van der Waals surface area contributed by atoms with Gasteiger partial charge in [-0.1, -0.05) is 72.6 Å². The van der Waals surface area contributed by atoms with Crippen LogP contribution in [0.1, 0.15) is 31.5 Å². The second kappa shape index (κ2) is 8.15. The first-order valence-corrected chi connectivity index (χ1v) is 10.8. The second-order valence-electron chi connectivity index (χ2n) is 6.44. The van der Waals surface area contributed by atoms with E-state index in [2.05, 4.69) is 12.2 Å². The van der Waals surface area contributed by atoms with Gasteiger partial charge in [0.2, 0.25) is 0 Å². The molecule has 1 amide bonds. The molecule has 0 saturated heterocycles. The lowest BCUT2D eigenvalue weighted by Gasteiger charge is -2.34. The zero-order chi connectivity index (χ0) is 19.7. The highest BCUT2D eigenvalue weighted by molar-refractivity contribution is 8.13. The molecule has 0 saturated carbocycles. The molecule has 2 aliphatic heterocycles. The SMILES string of the molecule is CCCCSC1=NN2C(=c3ccccc3=NC2c2ccc(Cl)cc2Cl)C(=O)N1. The molecule has 1 N–H and O–H groups in total. The Hall–Kier alpha value is -2.02. The third-order valence-electron chi connectivity index (χ3n) is 4.49. The van der Waals surface area contributed by atoms with Crippen LogP contribution >= 0.6 is 35.0 Å². The van der Waals surface area contributed by atoms with Gasteiger partial charge in [-0.3, -0.25) is 15.1 Å². The minimum Gasteiger partial charge on any atom is -0.298 e. The maximum Gasteiger partial charge on any atom is 0.276 e. The van der Waals surface area contributed by atoms with Crippen molar-refractivity contribution in [3.05, 3.63) is 68.6 Å². The molecule has 0 aromatic heterocycles. The zero-order valence-corrected chi connectivity index (χ0v) is 17.5. The van der Waals surface area contributed by atoms with Gasteiger partial charge in [0.1, 0.15) is 5.70 Å². The second-order valence-corrected chi connectivity index (χ2v) is 8.37. The molecule has 8 heteroatoms. The maximum absolute atomic E-state index is 13.0. The first-order valence-electron chi connectivity index (χ1n) is 9.02. The lowest BCUT2D eigenvalue weighted by Crippen LogP contribution is -2.50. The lowest BCUT2D eigenvalue weighted by molar-refractivity contribution is -0.116. The number of para-hydroxylation sites is 1. The molecule has 0 bridgehead atoms. The Morgan fingerprint density at radius 3 is 2.82 bits per heavy atom. The van der Waals surface area contributed by atoms with E-state index in [1.165, 1.54) is 11.8 Å². The van der Waals surface area contributed by atoms with Crippen molar-refractivity contribution in [1.82, 2.24) is 10.3 Å². The number of thioether (sulfide) groups is 1. The molecule has 1 atom stereocenters. The summed E-state index contributed by atoms with van der Waals surface area (Å²) in [6.07, 6.45) is 1.60. The smallest absolute Gasteiger partial charge is 0.276 e. The van der Waals surface area contributed by atoms with Crippen molar-refractivity contribution in [2.75, 3.05) is 5.75 Å². The van der Waals surface area contributed by atoms with Crippen LogP contribution in [-0.2, 0) is 4.79 Å². The number of halogens is 2. The van der Waals surface area contributed by atoms with Crippen molar-refractivity contribution in [3.8, 4) is 0 Å². The Morgan fingerprint density at radius 1 is 1.21 bits per heavy atom. The number of unbranched alkanes of at least 4 members (excludes halogenated alkanes) is 1. The van der Waals surface area contributed by atoms with E-state index in [0.717, 1.165) is 34.7 Å². The average Bonchev–Trinajstić information content (AvgIpc) is 2.67. The van der Waals surface area contributed by atoms with E-state index in [4.69, 9.17) is 33.3 Å². The monoisotopic (exact) mass is 432 g/mol. The Morgan fingerprint density at radius 2 is 2.04 bits per heavy atom. The quantitative estimate of drug-likeness (QED) is 0.749. The van der Waals surface area contributed by atoms with Gasteiger partial charge in [-0.25, -0.2) is 5.01 Å². The molecule has 2 heterocycles. The van der Waals surface area contributed by atoms with Gasteiger partial charge in [-0.05, 0) is 24.6 Å². The van der Waals surface area contributed by atoms with Crippen LogP contribution in [0, 0.1) is 0 Å². The number of nitrogens with zero attached hydrogens (tertiary/aromatic N) is 3. The van der Waals surface area contributed by atoms with Gasteiger partial charge in [0.15, 0.2) is 11.3 Å². The Labute approximate surface area is 177 Å². The summed E-state index contributed by atoms with van der Waals surface area (Å²) >= 11 is 14.1. The van der Waals surface area contributed by atoms with Gasteiger partial charge in [0.25, 0.3) is 5.91 Å². The Balaban J connectivity index is 1.86. The highest BCUT2D eigenvalue weighted by atomic mass is 35.5. The number of nitrogens with one attached hydrogen (secondary N) is 1. The van der Waals surface area contributed by atoms with E-state index in [1.54, 1.807) is 17.1 Å². The lowest BCUT2D eigenvalue weighted by atomic mass is 10.1. The Bertz CT molecular complexity index is 1090. The van der Waals surface area contributed by atoms with E-state index in [9.17, 15) is 4.79 Å². The van der Waals surface area contributed by atoms with Gasteiger partial charge in [-0.15, -0.1) is 5.10 Å². The molecule has 5 nitrogen and oxygen atoms in total. The van der Waals surface area contributed by atoms with Crippen LogP contribution in [0.2, 0.25) is 10.0 Å². The van der Waals surface area contributed by atoms with Crippen LogP contribution in [0.3, 0.4) is 0 Å². The normalized spacial score (nSPS) is 18.0. The minimum absolute atomic E-state index is 0.188. The predicted molar refractivity (Wildman–Crippen MR) is 115 cm³/mol. The molecule has 4 rings (SSSR count). The summed E-state index contributed by atoms with van der Waals surface area (Å²) in [5.74, 6) is 0.699. The van der Waals surface area contributed by atoms with E-state index in [0.29, 0.717) is 20.9 Å². The van der Waals surface area contributed by atoms with Crippen LogP contribution in [0.4, 0.5) is 0 Å². The third-order valence-corrected chi connectivity index (χ3v) is 6.01. The number of hydrazone groups is 1. The van der Waals surface area contributed by atoms with E-state index < -0.39 is 6.17 Å². The fraction of sp³-hybridized carbons (Fsp3) is 0.250. The van der Waals surface area contributed by atoms with Crippen LogP contribution < -0.4 is 15.9 Å². The van der Waals surface area contributed by atoms with Crippen molar-refractivity contribution in [3.63, 3.8) is 0 Å². The van der Waals surface area contributed by atoms with Crippen molar-refractivity contribution in [2.45, 2.75) is 25.9 Å². The number of carbonyl (C=O) groups excluding carboxylic acids is 1. The molecule has 1 unspecified atom stereocenters. The van der Waals surface area contributed by atoms with Gasteiger partial charge >= 0.3 is 0 Å². The van der Waals surface area contributed by atoms with E-state index in [1.807, 2.05) is 30.3 Å². The summed E-state index contributed by atoms with van der Waals surface area (Å²) in [5, 5.41) is 12.4. The van der Waals surface area contributed by atoms with E-state index in [-0.39, 0.29) is 5.91 Å². The summed E-state index contributed by atoms with van der Waals surface area (Å²) in [6, 6.07) is 12.8. The minimum atomic E-state index is -0.539. The van der Waals surface area contributed by atoms with E-state index >= 15 is 0 Å². The molecular formula is C20H18Cl2N4OS. The topological polar surface area (TPSA) is 57.1 Å². The summed E-state index contributed by atoms with van der Waals surface area (Å²) in [7, 11) is 0. The zero-order valence-electron chi connectivity index (χ0n) is 15.2. The number of amidine groups is 1. The molecule has 2 aromatic carbocycles. The first kappa shape index (κ1) is 19.3. The number of rotatable bonds is 4. The molecule has 0 fully saturated rings. The largest absolute Gasteiger partial charge is 0.298 e. The summed E-state index contributed by atoms with van der Waals surface area (Å²) in [5.41, 5.74) is 1.22. The fourth-order valence-electron chi connectivity index (χ4n) is 3.12. The van der Waals surface area contributed by atoms with Crippen LogP contribution in [0.5, 0.6) is 0 Å². The van der Waals surface area contributed by atoms with Crippen molar-refractivity contribution in [1.29, 1.82) is 0 Å². The van der Waals surface area contributed by atoms with Gasteiger partial charge in [0.05, 0.1) is 5.36 Å². The highest BCUT2D eigenvalue weighted by Crippen LogP contribution is 2.35. The Kier molecular flexibility index (Phi) is 5.62. The predicted octanol–water partition coefficient (Wildman–Crippen LogP) is 3.67. The van der Waals surface area contributed by atoms with Crippen LogP contribution in [0.15, 0.2) is 52.6 Å². The van der Waals surface area contributed by atoms with Gasteiger partial charge in [0, 0.05) is 26.6 Å². The van der Waals surface area contributed by atoms with Crippen LogP contribution in [0.25, 0.3) is 5.70 Å². The van der Waals surface area contributed by atoms with Gasteiger partial charge in [-0.2, -0.15) is 0 Å². The standard InChI is InChI=1S/C20H18Cl2N4OS/c1-2-3-10-28-20-24-19(27)17-14-6-4-5-7-16(14)23-18(26(17)25-20)13-9-8-12(21)11-15(13)22/h4-9,11,18H,2-3,10H2,1H3,(H,24,25,27). The van der Waals surface area contributed by atoms with Crippen LogP contribution in [-0.4, -0.2) is 21.8 Å². The average molecular weight is 433 g/mol. The van der Waals surface area contributed by atoms with Crippen molar-refractivity contribution >= 4 is 51.7 Å². The molecule has 0 aliphatic carbocycles. The number of amides is 1. The third kappa shape index (κ3) is 3.64. The summed E-state index contributed by atoms with van der Waals surface area (Å²) < 4.78 is 0. The maximum atomic E-state index is 13.0. The number of benzene rings is 2. The molecule has 2 aromatic rings. The number of hydrogen-bond acceptors (Lipinski definition) is 5. The molecular weight excluding hydrogens is 415 g/mol. The molecule has 0 spiro atoms. The molecule has 144 valence electrons. The molecule has 2 aliphatic rings. The number of hydrogen-bond donors (Lipinski definition) is 1. The van der Waals surface area contributed by atoms with Gasteiger partial charge < -0.3 is 0 Å². The van der Waals surface area contributed by atoms with Crippen molar-refractivity contribution < 1.29 is 4.79 Å².